The number of halogens is 6. The number of rotatable bonds is 11. The van der Waals surface area contributed by atoms with Crippen molar-refractivity contribution >= 4 is 58.0 Å². The van der Waals surface area contributed by atoms with Crippen molar-refractivity contribution in [2.75, 3.05) is 48.3 Å². The van der Waals surface area contributed by atoms with Crippen LogP contribution in [0.1, 0.15) is 76.5 Å². The number of anilines is 3. The molecule has 1 saturated carbocycles. The van der Waals surface area contributed by atoms with E-state index in [2.05, 4.69) is 20.9 Å². The van der Waals surface area contributed by atoms with Crippen LogP contribution in [0.15, 0.2) is 36.5 Å². The monoisotopic (exact) mass is 849 g/mol. The van der Waals surface area contributed by atoms with Crippen molar-refractivity contribution in [3.05, 3.63) is 47.8 Å². The first-order valence-corrected chi connectivity index (χ1v) is 19.9. The molecule has 0 radical (unpaired) electrons. The van der Waals surface area contributed by atoms with Crippen molar-refractivity contribution < 1.29 is 45.5 Å². The van der Waals surface area contributed by atoms with Gasteiger partial charge in [-0.3, -0.25) is 34.3 Å². The standard InChI is InChI=1S/C39H45F6N9O4S/c1-37(2)35(58)53(27-18-28(38(40,41)42)30(19-46)47-20-27)36(59)54(37)26-10-8-23(9-11-26)5-4-14-51-15-16-52(31(21-51)39(43,44)45)22-33(56)49-25-7-3-6-24(17-25)48-29-12-13-32(55)50-34(29)57/h3,6-7,17-18,20,23,26,29,31,48H,4-5,8-16,21-22H2,1-2H3,(H,49,56)(H,50,55,57)/t23?,26?,29?,31-/m1/s1. The van der Waals surface area contributed by atoms with E-state index in [0.29, 0.717) is 56.2 Å². The van der Waals surface area contributed by atoms with E-state index in [1.165, 1.54) is 6.07 Å². The minimum absolute atomic E-state index is 0.0388. The van der Waals surface area contributed by atoms with Crippen LogP contribution in [0, 0.1) is 17.2 Å². The number of nitrogens with zero attached hydrogens (tertiary/aromatic N) is 6. The maximum absolute atomic E-state index is 14.3. The van der Waals surface area contributed by atoms with E-state index >= 15 is 0 Å². The largest absolute Gasteiger partial charge is 0.419 e. The second-order valence-electron chi connectivity index (χ2n) is 16.0. The lowest BCUT2D eigenvalue weighted by atomic mass is 9.82. The molecule has 3 aliphatic heterocycles. The smallest absolute Gasteiger partial charge is 0.374 e. The normalized spacial score (nSPS) is 24.5. The predicted molar refractivity (Wildman–Crippen MR) is 208 cm³/mol. The summed E-state index contributed by atoms with van der Waals surface area (Å²) in [7, 11) is 0. The van der Waals surface area contributed by atoms with Crippen LogP contribution >= 0.6 is 12.2 Å². The number of aromatic nitrogens is 1. The molecule has 4 fully saturated rings. The van der Waals surface area contributed by atoms with Crippen LogP contribution in [0.4, 0.5) is 43.4 Å². The van der Waals surface area contributed by atoms with E-state index in [1.54, 1.807) is 47.9 Å². The number of hydrogen-bond acceptors (Lipinski definition) is 10. The molecule has 59 heavy (non-hydrogen) atoms. The SMILES string of the molecule is CC1(C)C(=O)N(c2cnc(C#N)c(C(F)(F)F)c2)C(=S)N1C1CCC(CCCN2CCN(CC(=O)Nc3cccc(NC4CCC(=O)NC4=O)c3)[C@@H](C(F)(F)F)C2)CC1. The third-order valence-electron chi connectivity index (χ3n) is 11.6. The number of carbonyl (C=O) groups is 4. The lowest BCUT2D eigenvalue weighted by Gasteiger charge is -2.42. The molecule has 1 aromatic carbocycles. The van der Waals surface area contributed by atoms with Gasteiger partial charge in [0.05, 0.1) is 24.0 Å². The first kappa shape index (κ1) is 43.7. The van der Waals surface area contributed by atoms with E-state index in [9.17, 15) is 45.5 Å². The highest BCUT2D eigenvalue weighted by Crippen LogP contribution is 2.41. The second kappa shape index (κ2) is 17.4. The van der Waals surface area contributed by atoms with Gasteiger partial charge >= 0.3 is 12.4 Å². The third-order valence-corrected chi connectivity index (χ3v) is 11.9. The fourth-order valence-corrected chi connectivity index (χ4v) is 9.08. The van der Waals surface area contributed by atoms with Crippen molar-refractivity contribution in [1.29, 1.82) is 5.26 Å². The molecule has 20 heteroatoms. The number of benzene rings is 1. The Morgan fingerprint density at radius 3 is 2.41 bits per heavy atom. The fraction of sp³-hybridized carbons (Fsp3) is 0.564. The lowest BCUT2D eigenvalue weighted by molar-refractivity contribution is -0.197. The Labute approximate surface area is 342 Å². The minimum atomic E-state index is -4.86. The minimum Gasteiger partial charge on any atom is -0.374 e. The Morgan fingerprint density at radius 1 is 1.03 bits per heavy atom. The Bertz CT molecular complexity index is 2000. The fourth-order valence-electron chi connectivity index (χ4n) is 8.51. The highest BCUT2D eigenvalue weighted by Gasteiger charge is 2.53. The molecular weight excluding hydrogens is 805 g/mol. The molecule has 0 spiro atoms. The highest BCUT2D eigenvalue weighted by atomic mass is 32.1. The summed E-state index contributed by atoms with van der Waals surface area (Å²) < 4.78 is 84.0. The van der Waals surface area contributed by atoms with Gasteiger partial charge in [0.1, 0.15) is 23.7 Å². The van der Waals surface area contributed by atoms with Crippen LogP contribution in [-0.4, -0.2) is 111 Å². The van der Waals surface area contributed by atoms with Gasteiger partial charge in [0, 0.05) is 43.5 Å². The zero-order valence-electron chi connectivity index (χ0n) is 32.5. The van der Waals surface area contributed by atoms with Gasteiger partial charge in [0.25, 0.3) is 5.91 Å². The number of piperazine rings is 1. The Kier molecular flexibility index (Phi) is 12.9. The first-order chi connectivity index (χ1) is 27.8. The predicted octanol–water partition coefficient (Wildman–Crippen LogP) is 5.43. The van der Waals surface area contributed by atoms with Crippen LogP contribution in [-0.2, 0) is 25.4 Å². The van der Waals surface area contributed by atoms with Gasteiger partial charge in [0.2, 0.25) is 17.7 Å². The molecule has 1 aliphatic carbocycles. The summed E-state index contributed by atoms with van der Waals surface area (Å²) in [5.41, 5.74) is -2.54. The molecule has 4 amide bonds. The first-order valence-electron chi connectivity index (χ1n) is 19.4. The van der Waals surface area contributed by atoms with Crippen molar-refractivity contribution in [3.63, 3.8) is 0 Å². The molecular formula is C39H45F6N9O4S. The molecule has 4 aliphatic rings. The van der Waals surface area contributed by atoms with Gasteiger partial charge in [-0.05, 0) is 108 Å². The Hall–Kier alpha value is -4.87. The van der Waals surface area contributed by atoms with Gasteiger partial charge < -0.3 is 20.4 Å². The second-order valence-corrected chi connectivity index (χ2v) is 16.3. The molecule has 4 heterocycles. The highest BCUT2D eigenvalue weighted by molar-refractivity contribution is 7.80. The van der Waals surface area contributed by atoms with Gasteiger partial charge in [-0.2, -0.15) is 31.6 Å². The summed E-state index contributed by atoms with van der Waals surface area (Å²) in [6.07, 6.45) is -3.61. The molecule has 2 aromatic rings. The summed E-state index contributed by atoms with van der Waals surface area (Å²) in [5.74, 6) is -1.65. The zero-order valence-corrected chi connectivity index (χ0v) is 33.3. The van der Waals surface area contributed by atoms with E-state index < -0.39 is 65.5 Å². The molecule has 13 nitrogen and oxygen atoms in total. The van der Waals surface area contributed by atoms with Gasteiger partial charge in [-0.25, -0.2) is 4.98 Å². The summed E-state index contributed by atoms with van der Waals surface area (Å²) in [5, 5.41) is 17.1. The van der Waals surface area contributed by atoms with E-state index in [4.69, 9.17) is 17.5 Å². The van der Waals surface area contributed by atoms with Crippen LogP contribution < -0.4 is 20.9 Å². The van der Waals surface area contributed by atoms with E-state index in [1.807, 2.05) is 0 Å². The van der Waals surface area contributed by atoms with E-state index in [0.717, 1.165) is 35.3 Å². The molecule has 0 bridgehead atoms. The number of piperidine rings is 1. The summed E-state index contributed by atoms with van der Waals surface area (Å²) >= 11 is 5.68. The Balaban J connectivity index is 0.971. The molecule has 3 saturated heterocycles. The van der Waals surface area contributed by atoms with Crippen LogP contribution in [0.2, 0.25) is 0 Å². The average molecular weight is 850 g/mol. The van der Waals surface area contributed by atoms with Gasteiger partial charge in [0.15, 0.2) is 10.8 Å². The molecule has 3 N–H and O–H groups in total. The average Bonchev–Trinajstić information content (AvgIpc) is 3.34. The third kappa shape index (κ3) is 9.95. The van der Waals surface area contributed by atoms with Crippen molar-refractivity contribution in [2.45, 2.75) is 101 Å². The topological polar surface area (TPSA) is 154 Å². The van der Waals surface area contributed by atoms with Crippen molar-refractivity contribution in [1.82, 2.24) is 25.0 Å². The molecule has 318 valence electrons. The lowest BCUT2D eigenvalue weighted by Crippen LogP contribution is -2.60. The van der Waals surface area contributed by atoms with Crippen LogP contribution in [0.25, 0.3) is 0 Å². The van der Waals surface area contributed by atoms with Crippen LogP contribution in [0.3, 0.4) is 0 Å². The maximum Gasteiger partial charge on any atom is 0.419 e. The van der Waals surface area contributed by atoms with Crippen molar-refractivity contribution in [3.8, 4) is 6.07 Å². The number of hydrogen-bond donors (Lipinski definition) is 3. The molecule has 1 aromatic heterocycles. The van der Waals surface area contributed by atoms with Crippen molar-refractivity contribution in [2.24, 2.45) is 5.92 Å². The number of thiocarbonyl (C=S) groups is 1. The summed E-state index contributed by atoms with van der Waals surface area (Å²) in [4.78, 5) is 59.5. The number of carbonyl (C=O) groups excluding carboxylic acids is 4. The summed E-state index contributed by atoms with van der Waals surface area (Å²) in [6.45, 7) is 3.43. The van der Waals surface area contributed by atoms with E-state index in [-0.39, 0.29) is 48.2 Å². The zero-order chi connectivity index (χ0) is 42.9. The summed E-state index contributed by atoms with van der Waals surface area (Å²) in [6, 6.07) is 5.97. The maximum atomic E-state index is 14.3. The number of nitrogens with one attached hydrogen (secondary N) is 3. The number of amides is 4. The number of nitriles is 1. The Morgan fingerprint density at radius 2 is 1.75 bits per heavy atom. The number of alkyl halides is 6. The molecule has 2 atom stereocenters. The van der Waals surface area contributed by atoms with Gasteiger partial charge in [-0.15, -0.1) is 0 Å². The number of pyridine rings is 1. The number of imide groups is 1. The van der Waals surface area contributed by atoms with Gasteiger partial charge in [-0.1, -0.05) is 6.07 Å². The molecule has 6 rings (SSSR count). The van der Waals surface area contributed by atoms with Crippen LogP contribution in [0.5, 0.6) is 0 Å². The quantitative estimate of drug-likeness (QED) is 0.151. The molecule has 1 unspecified atom stereocenters.